The van der Waals surface area contributed by atoms with Crippen LogP contribution < -0.4 is 5.32 Å². The average molecular weight is 381 g/mol. The van der Waals surface area contributed by atoms with Gasteiger partial charge in [-0.15, -0.1) is 10.2 Å². The molecule has 1 aromatic heterocycles. The molecule has 6 nitrogen and oxygen atoms in total. The third kappa shape index (κ3) is 5.27. The maximum atomic E-state index is 12.0. The summed E-state index contributed by atoms with van der Waals surface area (Å²) in [4.78, 5) is 23.3. The predicted octanol–water partition coefficient (Wildman–Crippen LogP) is 4.37. The second-order valence-corrected chi connectivity index (χ2v) is 7.07. The summed E-state index contributed by atoms with van der Waals surface area (Å²) in [5, 5.41) is 11.3. The molecule has 0 fully saturated rings. The highest BCUT2D eigenvalue weighted by Crippen LogP contribution is 2.24. The number of carbonyl (C=O) groups is 2. The molecule has 27 heavy (non-hydrogen) atoms. The summed E-state index contributed by atoms with van der Waals surface area (Å²) in [5.74, 6) is 0.866. The number of hydrogen-bond acceptors (Lipinski definition) is 6. The van der Waals surface area contributed by atoms with E-state index in [0.29, 0.717) is 34.5 Å². The van der Waals surface area contributed by atoms with Gasteiger partial charge in [-0.3, -0.25) is 9.59 Å². The lowest BCUT2D eigenvalue weighted by Crippen LogP contribution is -2.12. The highest BCUT2D eigenvalue weighted by atomic mass is 32.2. The van der Waals surface area contributed by atoms with Gasteiger partial charge in [0.15, 0.2) is 5.78 Å². The van der Waals surface area contributed by atoms with Gasteiger partial charge in [0.25, 0.3) is 5.22 Å². The number of nitrogens with zero attached hydrogens (tertiary/aromatic N) is 2. The lowest BCUT2D eigenvalue weighted by molar-refractivity contribution is -0.115. The Morgan fingerprint density at radius 3 is 2.41 bits per heavy atom. The van der Waals surface area contributed by atoms with Crippen molar-refractivity contribution >= 4 is 29.1 Å². The Morgan fingerprint density at radius 1 is 1.04 bits per heavy atom. The molecular formula is C20H19N3O3S. The zero-order valence-corrected chi connectivity index (χ0v) is 15.9. The number of ketones is 1. The van der Waals surface area contributed by atoms with Crippen LogP contribution in [0.4, 0.5) is 5.69 Å². The lowest BCUT2D eigenvalue weighted by Gasteiger charge is -2.05. The molecule has 0 aliphatic carbocycles. The highest BCUT2D eigenvalue weighted by molar-refractivity contribution is 7.99. The molecule has 3 rings (SSSR count). The quantitative estimate of drug-likeness (QED) is 0.483. The molecule has 0 spiro atoms. The Labute approximate surface area is 161 Å². The molecule has 0 radical (unpaired) electrons. The Balaban J connectivity index is 1.47. The number of carbonyl (C=O) groups excluding carboxylic acids is 2. The van der Waals surface area contributed by atoms with Crippen LogP contribution in [0.1, 0.15) is 29.3 Å². The third-order valence-corrected chi connectivity index (χ3v) is 4.66. The average Bonchev–Trinajstić information content (AvgIpc) is 3.11. The summed E-state index contributed by atoms with van der Waals surface area (Å²) in [6.45, 7) is 3.52. The molecule has 1 amide bonds. The first-order valence-electron chi connectivity index (χ1n) is 8.45. The molecule has 138 valence electrons. The fourth-order valence-corrected chi connectivity index (χ4v) is 3.02. The van der Waals surface area contributed by atoms with Crippen LogP contribution >= 0.6 is 11.8 Å². The summed E-state index contributed by atoms with van der Waals surface area (Å²) in [5.41, 5.74) is 3.31. The Kier molecular flexibility index (Phi) is 6.03. The van der Waals surface area contributed by atoms with E-state index in [1.807, 2.05) is 31.2 Å². The minimum atomic E-state index is -0.114. The van der Waals surface area contributed by atoms with E-state index in [1.54, 1.807) is 24.3 Å². The fraction of sp³-hybridized carbons (Fsp3) is 0.200. The van der Waals surface area contributed by atoms with Crippen molar-refractivity contribution in [2.24, 2.45) is 0 Å². The highest BCUT2D eigenvalue weighted by Gasteiger charge is 2.10. The number of nitrogens with one attached hydrogen (secondary N) is 1. The summed E-state index contributed by atoms with van der Waals surface area (Å²) in [6.07, 6.45) is 0.307. The number of benzene rings is 2. The van der Waals surface area contributed by atoms with Crippen molar-refractivity contribution in [3.63, 3.8) is 0 Å². The van der Waals surface area contributed by atoms with Gasteiger partial charge in [0.05, 0.1) is 0 Å². The van der Waals surface area contributed by atoms with Crippen LogP contribution in [0.15, 0.2) is 58.2 Å². The smallest absolute Gasteiger partial charge is 0.276 e. The van der Waals surface area contributed by atoms with Gasteiger partial charge < -0.3 is 9.73 Å². The number of Topliss-reactive ketones (excluding diaryl/α,β-unsaturated/α-hetero) is 1. The van der Waals surface area contributed by atoms with Crippen LogP contribution in [-0.4, -0.2) is 27.6 Å². The van der Waals surface area contributed by atoms with Crippen LogP contribution in [0.2, 0.25) is 0 Å². The van der Waals surface area contributed by atoms with Gasteiger partial charge in [0, 0.05) is 29.0 Å². The summed E-state index contributed by atoms with van der Waals surface area (Å²) < 4.78 is 5.62. The molecule has 1 heterocycles. The zero-order valence-electron chi connectivity index (χ0n) is 15.1. The van der Waals surface area contributed by atoms with Crippen LogP contribution in [0.25, 0.3) is 11.5 Å². The molecule has 0 bridgehead atoms. The number of aromatic nitrogens is 2. The second-order valence-electron chi connectivity index (χ2n) is 6.02. The van der Waals surface area contributed by atoms with Crippen LogP contribution in [-0.2, 0) is 4.79 Å². The summed E-state index contributed by atoms with van der Waals surface area (Å²) in [6, 6.07) is 14.7. The van der Waals surface area contributed by atoms with Crippen molar-refractivity contribution in [1.29, 1.82) is 0 Å². The number of thioether (sulfide) groups is 1. The molecule has 0 unspecified atom stereocenters. The number of rotatable bonds is 7. The standard InChI is InChI=1S/C20H19N3O3S/c1-13-3-5-16(6-4-13)19-22-23-20(26-19)27-12-11-18(25)21-17-9-7-15(8-10-17)14(2)24/h3-10H,11-12H2,1-2H3,(H,21,25). The number of amides is 1. The van der Waals surface area contributed by atoms with E-state index in [0.717, 1.165) is 11.1 Å². The van der Waals surface area contributed by atoms with Crippen molar-refractivity contribution < 1.29 is 14.0 Å². The van der Waals surface area contributed by atoms with Gasteiger partial charge in [0.1, 0.15) is 0 Å². The predicted molar refractivity (Wildman–Crippen MR) is 105 cm³/mol. The first kappa shape index (κ1) is 18.8. The molecule has 2 aromatic carbocycles. The molecule has 7 heteroatoms. The van der Waals surface area contributed by atoms with Gasteiger partial charge >= 0.3 is 0 Å². The molecule has 3 aromatic rings. The largest absolute Gasteiger partial charge is 0.411 e. The van der Waals surface area contributed by atoms with E-state index in [2.05, 4.69) is 15.5 Å². The van der Waals surface area contributed by atoms with Gasteiger partial charge in [0.2, 0.25) is 11.8 Å². The van der Waals surface area contributed by atoms with E-state index in [-0.39, 0.29) is 11.7 Å². The molecular weight excluding hydrogens is 362 g/mol. The molecule has 0 aliphatic rings. The van der Waals surface area contributed by atoms with Crippen LogP contribution in [0, 0.1) is 6.92 Å². The third-order valence-electron chi connectivity index (χ3n) is 3.83. The van der Waals surface area contributed by atoms with Crippen molar-refractivity contribution in [1.82, 2.24) is 10.2 Å². The monoisotopic (exact) mass is 381 g/mol. The number of hydrogen-bond donors (Lipinski definition) is 1. The topological polar surface area (TPSA) is 85.1 Å². The normalized spacial score (nSPS) is 10.6. The number of aryl methyl sites for hydroxylation is 1. The van der Waals surface area contributed by atoms with E-state index < -0.39 is 0 Å². The summed E-state index contributed by atoms with van der Waals surface area (Å²) >= 11 is 1.34. The minimum Gasteiger partial charge on any atom is -0.411 e. The fourth-order valence-electron chi connectivity index (χ4n) is 2.32. The maximum absolute atomic E-state index is 12.0. The van der Waals surface area contributed by atoms with Gasteiger partial charge in [-0.25, -0.2) is 0 Å². The van der Waals surface area contributed by atoms with E-state index in [4.69, 9.17) is 4.42 Å². The molecule has 1 N–H and O–H groups in total. The lowest BCUT2D eigenvalue weighted by atomic mass is 10.1. The Bertz CT molecular complexity index is 934. The van der Waals surface area contributed by atoms with Gasteiger partial charge in [-0.1, -0.05) is 29.5 Å². The van der Waals surface area contributed by atoms with Crippen molar-refractivity contribution in [3.8, 4) is 11.5 Å². The van der Waals surface area contributed by atoms with Crippen molar-refractivity contribution in [2.75, 3.05) is 11.1 Å². The maximum Gasteiger partial charge on any atom is 0.276 e. The Hall–Kier alpha value is -2.93. The molecule has 0 aliphatic heterocycles. The van der Waals surface area contributed by atoms with Gasteiger partial charge in [-0.2, -0.15) is 0 Å². The Morgan fingerprint density at radius 2 is 1.74 bits per heavy atom. The SMILES string of the molecule is CC(=O)c1ccc(NC(=O)CCSc2nnc(-c3ccc(C)cc3)o2)cc1. The van der Waals surface area contributed by atoms with E-state index in [1.165, 1.54) is 18.7 Å². The van der Waals surface area contributed by atoms with Crippen LogP contribution in [0.3, 0.4) is 0 Å². The second kappa shape index (κ2) is 8.64. The van der Waals surface area contributed by atoms with E-state index >= 15 is 0 Å². The summed E-state index contributed by atoms with van der Waals surface area (Å²) in [7, 11) is 0. The van der Waals surface area contributed by atoms with Crippen LogP contribution in [0.5, 0.6) is 0 Å². The minimum absolute atomic E-state index is 0.00570. The van der Waals surface area contributed by atoms with Crippen molar-refractivity contribution in [3.05, 3.63) is 59.7 Å². The first-order valence-corrected chi connectivity index (χ1v) is 9.44. The van der Waals surface area contributed by atoms with E-state index in [9.17, 15) is 9.59 Å². The zero-order chi connectivity index (χ0) is 19.2. The molecule has 0 atom stereocenters. The molecule has 0 saturated carbocycles. The molecule has 0 saturated heterocycles. The van der Waals surface area contributed by atoms with Crippen molar-refractivity contribution in [2.45, 2.75) is 25.5 Å². The number of anilines is 1. The first-order chi connectivity index (χ1) is 13.0. The van der Waals surface area contributed by atoms with Gasteiger partial charge in [-0.05, 0) is 50.2 Å².